The van der Waals surface area contributed by atoms with E-state index in [9.17, 15) is 14.4 Å². The minimum atomic E-state index is -0.642. The van der Waals surface area contributed by atoms with Gasteiger partial charge in [0.05, 0.1) is 18.5 Å². The van der Waals surface area contributed by atoms with E-state index in [4.69, 9.17) is 4.74 Å². The second-order valence-corrected chi connectivity index (χ2v) is 8.31. The minimum absolute atomic E-state index is 0.00290. The molecule has 1 amide bonds. The highest BCUT2D eigenvalue weighted by Gasteiger charge is 2.18. The van der Waals surface area contributed by atoms with Crippen molar-refractivity contribution in [1.29, 1.82) is 0 Å². The Balaban J connectivity index is 1.37. The molecule has 0 radical (unpaired) electrons. The van der Waals surface area contributed by atoms with Crippen LogP contribution in [0.25, 0.3) is 10.8 Å². The van der Waals surface area contributed by atoms with E-state index in [1.807, 2.05) is 61.5 Å². The molecular formula is C28H27N3O4. The zero-order chi connectivity index (χ0) is 24.6. The van der Waals surface area contributed by atoms with Crippen LogP contribution in [0.2, 0.25) is 0 Å². The smallest absolute Gasteiger partial charge is 0.359 e. The number of aromatic nitrogens is 2. The number of benzene rings is 3. The highest BCUT2D eigenvalue weighted by atomic mass is 16.5. The number of amides is 1. The van der Waals surface area contributed by atoms with Crippen LogP contribution in [-0.2, 0) is 22.5 Å². The number of carbonyl (C=O) groups is 2. The zero-order valence-corrected chi connectivity index (χ0v) is 19.6. The summed E-state index contributed by atoms with van der Waals surface area (Å²) in [6.45, 7) is 2.46. The third kappa shape index (κ3) is 6.20. The molecule has 0 saturated carbocycles. The first kappa shape index (κ1) is 23.9. The van der Waals surface area contributed by atoms with E-state index in [-0.39, 0.29) is 36.9 Å². The molecular weight excluding hydrogens is 442 g/mol. The van der Waals surface area contributed by atoms with E-state index < -0.39 is 5.97 Å². The fourth-order valence-electron chi connectivity index (χ4n) is 3.75. The van der Waals surface area contributed by atoms with Gasteiger partial charge < -0.3 is 10.1 Å². The summed E-state index contributed by atoms with van der Waals surface area (Å²) in [6.07, 6.45) is 0.998. The average molecular weight is 470 g/mol. The van der Waals surface area contributed by atoms with Crippen LogP contribution in [-0.4, -0.2) is 34.8 Å². The molecule has 1 aromatic heterocycles. The lowest BCUT2D eigenvalue weighted by Crippen LogP contribution is -2.29. The summed E-state index contributed by atoms with van der Waals surface area (Å²) in [5.41, 5.74) is 2.97. The molecule has 7 heteroatoms. The number of fused-ring (bicyclic) bond motifs is 1. The first-order valence-corrected chi connectivity index (χ1v) is 11.5. The number of hydrogen-bond donors (Lipinski definition) is 1. The number of nitrogens with one attached hydrogen (secondary N) is 1. The van der Waals surface area contributed by atoms with Crippen molar-refractivity contribution in [3.05, 3.63) is 112 Å². The van der Waals surface area contributed by atoms with E-state index >= 15 is 0 Å². The van der Waals surface area contributed by atoms with Crippen LogP contribution in [0.5, 0.6) is 0 Å². The molecule has 0 atom stereocenters. The minimum Gasteiger partial charge on any atom is -0.459 e. The van der Waals surface area contributed by atoms with Crippen LogP contribution >= 0.6 is 0 Å². The molecule has 0 aliphatic carbocycles. The van der Waals surface area contributed by atoms with Gasteiger partial charge in [-0.25, -0.2) is 9.48 Å². The molecule has 1 N–H and O–H groups in total. The summed E-state index contributed by atoms with van der Waals surface area (Å²) in [4.78, 5) is 37.9. The van der Waals surface area contributed by atoms with Gasteiger partial charge in [0.25, 0.3) is 5.56 Å². The highest BCUT2D eigenvalue weighted by Crippen LogP contribution is 2.15. The Morgan fingerprint density at radius 2 is 1.57 bits per heavy atom. The van der Waals surface area contributed by atoms with Crippen molar-refractivity contribution in [2.75, 3.05) is 13.2 Å². The van der Waals surface area contributed by atoms with Gasteiger partial charge in [-0.15, -0.1) is 0 Å². The predicted molar refractivity (Wildman–Crippen MR) is 134 cm³/mol. The summed E-state index contributed by atoms with van der Waals surface area (Å²) >= 11 is 0. The van der Waals surface area contributed by atoms with Crippen molar-refractivity contribution in [3.8, 4) is 0 Å². The molecule has 0 unspecified atom stereocenters. The fraction of sp³-hybridized carbons (Fsp3) is 0.214. The van der Waals surface area contributed by atoms with Gasteiger partial charge in [0.2, 0.25) is 5.91 Å². The summed E-state index contributed by atoms with van der Waals surface area (Å²) < 4.78 is 6.65. The lowest BCUT2D eigenvalue weighted by atomic mass is 10.1. The molecule has 1 heterocycles. The number of hydrogen-bond acceptors (Lipinski definition) is 5. The number of rotatable bonds is 9. The molecule has 4 rings (SSSR count). The monoisotopic (exact) mass is 469 g/mol. The first-order valence-electron chi connectivity index (χ1n) is 11.5. The van der Waals surface area contributed by atoms with Gasteiger partial charge in [0.1, 0.15) is 6.61 Å². The van der Waals surface area contributed by atoms with Gasteiger partial charge in [-0.1, -0.05) is 78.4 Å². The second-order valence-electron chi connectivity index (χ2n) is 8.31. The van der Waals surface area contributed by atoms with Crippen LogP contribution in [0.1, 0.15) is 33.6 Å². The van der Waals surface area contributed by atoms with Gasteiger partial charge in [-0.05, 0) is 30.5 Å². The van der Waals surface area contributed by atoms with E-state index in [1.165, 1.54) is 10.2 Å². The van der Waals surface area contributed by atoms with E-state index in [0.29, 0.717) is 23.6 Å². The number of esters is 1. The third-order valence-electron chi connectivity index (χ3n) is 5.65. The van der Waals surface area contributed by atoms with Gasteiger partial charge in [-0.3, -0.25) is 9.59 Å². The maximum absolute atomic E-state index is 12.9. The van der Waals surface area contributed by atoms with Crippen molar-refractivity contribution < 1.29 is 14.3 Å². The summed E-state index contributed by atoms with van der Waals surface area (Å²) in [5, 5.41) is 7.93. The number of nitrogens with zero attached hydrogens (tertiary/aromatic N) is 2. The maximum atomic E-state index is 12.9. The molecule has 178 valence electrons. The summed E-state index contributed by atoms with van der Waals surface area (Å²) in [7, 11) is 0. The van der Waals surface area contributed by atoms with Gasteiger partial charge in [-0.2, -0.15) is 5.10 Å². The predicted octanol–water partition coefficient (Wildman–Crippen LogP) is 3.66. The van der Waals surface area contributed by atoms with Crippen LogP contribution in [0.3, 0.4) is 0 Å². The van der Waals surface area contributed by atoms with E-state index in [2.05, 4.69) is 10.4 Å². The average Bonchev–Trinajstić information content (AvgIpc) is 2.88. The van der Waals surface area contributed by atoms with E-state index in [0.717, 1.165) is 11.1 Å². The Kier molecular flexibility index (Phi) is 7.67. The maximum Gasteiger partial charge on any atom is 0.359 e. The summed E-state index contributed by atoms with van der Waals surface area (Å²) in [5.74, 6) is -0.751. The quantitative estimate of drug-likeness (QED) is 0.298. The van der Waals surface area contributed by atoms with Crippen molar-refractivity contribution >= 4 is 22.6 Å². The molecule has 0 saturated heterocycles. The van der Waals surface area contributed by atoms with Crippen molar-refractivity contribution in [1.82, 2.24) is 15.1 Å². The van der Waals surface area contributed by atoms with Crippen molar-refractivity contribution in [2.24, 2.45) is 0 Å². The lowest BCUT2D eigenvalue weighted by Gasteiger charge is -2.11. The van der Waals surface area contributed by atoms with Crippen LogP contribution in [0.4, 0.5) is 0 Å². The normalized spacial score (nSPS) is 10.8. The number of carbonyl (C=O) groups excluding carboxylic acids is 2. The number of aryl methyl sites for hydroxylation is 2. The Bertz CT molecular complexity index is 1380. The standard InChI is InChI=1S/C28H27N3O4/c1-20-11-13-21(14-12-20)15-16-25(32)29-17-18-35-28(34)26-23-9-5-6-10-24(23)27(33)31(30-26)19-22-7-3-2-4-8-22/h2-14H,15-19H2,1H3,(H,29,32). The third-order valence-corrected chi connectivity index (χ3v) is 5.65. The van der Waals surface area contributed by atoms with Gasteiger partial charge in [0, 0.05) is 11.8 Å². The topological polar surface area (TPSA) is 90.3 Å². The molecule has 0 spiro atoms. The first-order chi connectivity index (χ1) is 17.0. The largest absolute Gasteiger partial charge is 0.459 e. The van der Waals surface area contributed by atoms with Crippen LogP contribution in [0, 0.1) is 6.92 Å². The van der Waals surface area contributed by atoms with Gasteiger partial charge in [0.15, 0.2) is 5.69 Å². The zero-order valence-electron chi connectivity index (χ0n) is 19.6. The molecule has 0 aliphatic rings. The molecule has 0 aliphatic heterocycles. The highest BCUT2D eigenvalue weighted by molar-refractivity contribution is 6.02. The number of ether oxygens (including phenoxy) is 1. The SMILES string of the molecule is Cc1ccc(CCC(=O)NCCOC(=O)c2nn(Cc3ccccc3)c(=O)c3ccccc23)cc1. The Labute approximate surface area is 203 Å². The fourth-order valence-corrected chi connectivity index (χ4v) is 3.75. The van der Waals surface area contributed by atoms with Crippen molar-refractivity contribution in [3.63, 3.8) is 0 Å². The molecule has 7 nitrogen and oxygen atoms in total. The van der Waals surface area contributed by atoms with Crippen molar-refractivity contribution in [2.45, 2.75) is 26.3 Å². The second kappa shape index (κ2) is 11.2. The van der Waals surface area contributed by atoms with Crippen LogP contribution < -0.4 is 10.9 Å². The molecule has 35 heavy (non-hydrogen) atoms. The molecule has 4 aromatic rings. The molecule has 0 bridgehead atoms. The Morgan fingerprint density at radius 3 is 2.31 bits per heavy atom. The molecule has 3 aromatic carbocycles. The molecule has 0 fully saturated rings. The Morgan fingerprint density at radius 1 is 0.886 bits per heavy atom. The van der Waals surface area contributed by atoms with Gasteiger partial charge >= 0.3 is 5.97 Å². The van der Waals surface area contributed by atoms with E-state index in [1.54, 1.807) is 24.3 Å². The lowest BCUT2D eigenvalue weighted by molar-refractivity contribution is -0.121. The summed E-state index contributed by atoms with van der Waals surface area (Å²) in [6, 6.07) is 24.4. The Hall–Kier alpha value is -4.26. The van der Waals surface area contributed by atoms with Crippen LogP contribution in [0.15, 0.2) is 83.7 Å².